The Kier molecular flexibility index (Phi) is 9.90. The minimum absolute atomic E-state index is 0.433. The van der Waals surface area contributed by atoms with Crippen LogP contribution in [0.5, 0.6) is 0 Å². The summed E-state index contributed by atoms with van der Waals surface area (Å²) in [6, 6.07) is 0. The van der Waals surface area contributed by atoms with Crippen molar-refractivity contribution in [2.24, 2.45) is 9.98 Å². The van der Waals surface area contributed by atoms with Crippen LogP contribution in [0.15, 0.2) is 21.6 Å². The highest BCUT2D eigenvalue weighted by Crippen LogP contribution is 2.10. The summed E-state index contributed by atoms with van der Waals surface area (Å²) in [5.41, 5.74) is 0.464. The van der Waals surface area contributed by atoms with Crippen LogP contribution in [-0.4, -0.2) is 30.9 Å². The molecule has 0 fully saturated rings. The number of ether oxygens (including phenoxy) is 1. The minimum Gasteiger partial charge on any atom is -0.436 e. The Morgan fingerprint density at radius 3 is 2.58 bits per heavy atom. The number of aliphatic imine (C=N–C) groups is 2. The number of nitrogens with zero attached hydrogens (tertiary/aromatic N) is 2. The maximum atomic E-state index is 11.5. The molecule has 6 nitrogen and oxygen atoms in total. The summed E-state index contributed by atoms with van der Waals surface area (Å²) in [6.07, 6.45) is 6.40. The van der Waals surface area contributed by atoms with Crippen molar-refractivity contribution >= 4 is 18.1 Å². The molecule has 0 aromatic carbocycles. The fourth-order valence-electron chi connectivity index (χ4n) is 1.28. The van der Waals surface area contributed by atoms with Gasteiger partial charge in [0.05, 0.1) is 6.54 Å². The first kappa shape index (κ1) is 17.0. The van der Waals surface area contributed by atoms with Crippen LogP contribution in [0.3, 0.4) is 0 Å². The third-order valence-corrected chi connectivity index (χ3v) is 2.48. The van der Waals surface area contributed by atoms with Crippen molar-refractivity contribution in [1.82, 2.24) is 0 Å². The van der Waals surface area contributed by atoms with E-state index in [1.165, 1.54) is 12.2 Å². The van der Waals surface area contributed by atoms with Gasteiger partial charge in [0.1, 0.15) is 0 Å². The third kappa shape index (κ3) is 8.66. The highest BCUT2D eigenvalue weighted by molar-refractivity contribution is 5.87. The molecule has 0 aromatic heterocycles. The van der Waals surface area contributed by atoms with Crippen molar-refractivity contribution < 1.29 is 19.1 Å². The number of isocyanates is 2. The number of carbonyl (C=O) groups excluding carboxylic acids is 3. The van der Waals surface area contributed by atoms with Crippen LogP contribution in [0.1, 0.15) is 39.5 Å². The highest BCUT2D eigenvalue weighted by atomic mass is 16.6. The Hall–Kier alpha value is -2.03. The van der Waals surface area contributed by atoms with Crippen molar-refractivity contribution in [1.29, 1.82) is 0 Å². The van der Waals surface area contributed by atoms with Gasteiger partial charge in [-0.15, -0.1) is 0 Å². The van der Waals surface area contributed by atoms with Crippen molar-refractivity contribution in [3.8, 4) is 0 Å². The summed E-state index contributed by atoms with van der Waals surface area (Å²) in [6.45, 7) is 3.78. The second-order valence-electron chi connectivity index (χ2n) is 3.87. The standard InChI is InChI=1S/C13H18N2O4/c1-3-11(2)13(18)19-12(15-10-17)7-5-4-6-8-14-9-16/h3,12H,4-8H2,1-2H3. The van der Waals surface area contributed by atoms with Crippen molar-refractivity contribution in [2.75, 3.05) is 6.54 Å². The highest BCUT2D eigenvalue weighted by Gasteiger charge is 2.13. The van der Waals surface area contributed by atoms with Crippen molar-refractivity contribution in [2.45, 2.75) is 45.8 Å². The predicted molar refractivity (Wildman–Crippen MR) is 68.9 cm³/mol. The Bertz CT molecular complexity index is 405. The van der Waals surface area contributed by atoms with Crippen LogP contribution >= 0.6 is 0 Å². The summed E-state index contributed by atoms with van der Waals surface area (Å²) < 4.78 is 5.05. The van der Waals surface area contributed by atoms with E-state index < -0.39 is 12.2 Å². The fraction of sp³-hybridized carbons (Fsp3) is 0.615. The molecule has 1 unspecified atom stereocenters. The molecule has 0 bridgehead atoms. The molecule has 0 heterocycles. The lowest BCUT2D eigenvalue weighted by molar-refractivity contribution is -0.144. The van der Waals surface area contributed by atoms with Crippen LogP contribution in [0.25, 0.3) is 0 Å². The molecule has 0 aromatic rings. The SMILES string of the molecule is CC=C(C)C(=O)OC(CCCCCN=C=O)N=C=O. The van der Waals surface area contributed by atoms with Gasteiger partial charge >= 0.3 is 5.97 Å². The van der Waals surface area contributed by atoms with E-state index in [0.717, 1.165) is 12.8 Å². The maximum absolute atomic E-state index is 11.5. The molecule has 0 aliphatic heterocycles. The molecule has 19 heavy (non-hydrogen) atoms. The van der Waals surface area contributed by atoms with Crippen molar-refractivity contribution in [3.63, 3.8) is 0 Å². The lowest BCUT2D eigenvalue weighted by Gasteiger charge is -2.12. The van der Waals surface area contributed by atoms with Crippen LogP contribution in [-0.2, 0) is 19.1 Å². The molecule has 0 N–H and O–H groups in total. The number of hydrogen-bond donors (Lipinski definition) is 0. The summed E-state index contributed by atoms with van der Waals surface area (Å²) in [5, 5.41) is 0. The molecule has 0 amide bonds. The van der Waals surface area contributed by atoms with Gasteiger partial charge in [-0.1, -0.05) is 12.5 Å². The first-order valence-electron chi connectivity index (χ1n) is 6.10. The van der Waals surface area contributed by atoms with Crippen LogP contribution in [0, 0.1) is 0 Å². The molecular formula is C13H18N2O4. The molecule has 104 valence electrons. The molecule has 0 aliphatic carbocycles. The van der Waals surface area contributed by atoms with Crippen LogP contribution in [0.4, 0.5) is 0 Å². The summed E-state index contributed by atoms with van der Waals surface area (Å²) in [4.78, 5) is 38.5. The van der Waals surface area contributed by atoms with E-state index in [1.807, 2.05) is 0 Å². The number of unbranched alkanes of at least 4 members (excludes halogenated alkanes) is 2. The number of esters is 1. The predicted octanol–water partition coefficient (Wildman–Crippen LogP) is 2.05. The topological polar surface area (TPSA) is 85.2 Å². The Balaban J connectivity index is 4.09. The van der Waals surface area contributed by atoms with E-state index in [0.29, 0.717) is 25.0 Å². The zero-order valence-corrected chi connectivity index (χ0v) is 11.2. The zero-order chi connectivity index (χ0) is 14.5. The van der Waals surface area contributed by atoms with Gasteiger partial charge in [-0.25, -0.2) is 19.4 Å². The smallest absolute Gasteiger partial charge is 0.335 e. The van der Waals surface area contributed by atoms with Gasteiger partial charge in [-0.3, -0.25) is 0 Å². The van der Waals surface area contributed by atoms with E-state index in [-0.39, 0.29) is 0 Å². The Morgan fingerprint density at radius 2 is 2.00 bits per heavy atom. The quantitative estimate of drug-likeness (QED) is 0.210. The van der Waals surface area contributed by atoms with E-state index >= 15 is 0 Å². The molecule has 0 rings (SSSR count). The normalized spacial score (nSPS) is 12.0. The second-order valence-corrected chi connectivity index (χ2v) is 3.87. The van der Waals surface area contributed by atoms with E-state index in [2.05, 4.69) is 9.98 Å². The van der Waals surface area contributed by atoms with Crippen LogP contribution in [0.2, 0.25) is 0 Å². The van der Waals surface area contributed by atoms with Gasteiger partial charge in [-0.2, -0.15) is 4.99 Å². The van der Waals surface area contributed by atoms with E-state index in [9.17, 15) is 14.4 Å². The Labute approximate surface area is 112 Å². The monoisotopic (exact) mass is 266 g/mol. The largest absolute Gasteiger partial charge is 0.436 e. The lowest BCUT2D eigenvalue weighted by Crippen LogP contribution is -2.16. The zero-order valence-electron chi connectivity index (χ0n) is 11.2. The van der Waals surface area contributed by atoms with Crippen molar-refractivity contribution in [3.05, 3.63) is 11.6 Å². The minimum atomic E-state index is -0.797. The second kappa shape index (κ2) is 11.1. The molecule has 0 aliphatic rings. The lowest BCUT2D eigenvalue weighted by atomic mass is 10.2. The summed E-state index contributed by atoms with van der Waals surface area (Å²) in [7, 11) is 0. The number of carbonyl (C=O) groups is 1. The molecule has 1 atom stereocenters. The molecule has 0 spiro atoms. The van der Waals surface area contributed by atoms with E-state index in [4.69, 9.17) is 4.74 Å². The third-order valence-electron chi connectivity index (χ3n) is 2.48. The van der Waals surface area contributed by atoms with Gasteiger partial charge in [0, 0.05) is 12.0 Å². The number of hydrogen-bond acceptors (Lipinski definition) is 6. The summed E-state index contributed by atoms with van der Waals surface area (Å²) >= 11 is 0. The molecular weight excluding hydrogens is 248 g/mol. The number of allylic oxidation sites excluding steroid dienone is 1. The first-order valence-corrected chi connectivity index (χ1v) is 6.10. The fourth-order valence-corrected chi connectivity index (χ4v) is 1.28. The summed E-state index contributed by atoms with van der Waals surface area (Å²) in [5.74, 6) is -0.489. The number of rotatable bonds is 9. The van der Waals surface area contributed by atoms with E-state index in [1.54, 1.807) is 19.9 Å². The molecule has 0 radical (unpaired) electrons. The van der Waals surface area contributed by atoms with Gasteiger partial charge < -0.3 is 4.74 Å². The van der Waals surface area contributed by atoms with Gasteiger partial charge in [-0.05, 0) is 26.7 Å². The van der Waals surface area contributed by atoms with Gasteiger partial charge in [0.15, 0.2) is 0 Å². The van der Waals surface area contributed by atoms with Gasteiger partial charge in [0.25, 0.3) is 0 Å². The Morgan fingerprint density at radius 1 is 1.26 bits per heavy atom. The first-order chi connectivity index (χ1) is 9.15. The average molecular weight is 266 g/mol. The average Bonchev–Trinajstić information content (AvgIpc) is 2.41. The molecule has 0 saturated heterocycles. The molecule has 6 heteroatoms. The molecule has 0 saturated carbocycles. The maximum Gasteiger partial charge on any atom is 0.335 e. The van der Waals surface area contributed by atoms with Gasteiger partial charge in [0.2, 0.25) is 18.4 Å². The van der Waals surface area contributed by atoms with Crippen LogP contribution < -0.4 is 0 Å².